The summed E-state index contributed by atoms with van der Waals surface area (Å²) in [6.45, 7) is 5.55. The maximum atomic E-state index is 12.0. The Bertz CT molecular complexity index is 706. The van der Waals surface area contributed by atoms with E-state index in [2.05, 4.69) is 11.5 Å². The van der Waals surface area contributed by atoms with E-state index in [1.165, 1.54) is 0 Å². The van der Waals surface area contributed by atoms with Crippen LogP contribution in [0.5, 0.6) is 11.5 Å². The molecule has 4 rings (SSSR count). The van der Waals surface area contributed by atoms with Crippen LogP contribution < -0.4 is 10.5 Å². The highest BCUT2D eigenvalue weighted by molar-refractivity contribution is 5.58. The molecule has 1 aromatic carbocycles. The van der Waals surface area contributed by atoms with Crippen LogP contribution in [0.15, 0.2) is 24.8 Å². The Hall–Kier alpha value is -1.56. The summed E-state index contributed by atoms with van der Waals surface area (Å²) in [6, 6.07) is 3.80. The minimum absolute atomic E-state index is 0.0495. The number of piperidine rings is 1. The molecule has 5 heteroatoms. The highest BCUT2D eigenvalue weighted by Crippen LogP contribution is 2.60. The van der Waals surface area contributed by atoms with E-state index in [4.69, 9.17) is 10.5 Å². The van der Waals surface area contributed by atoms with E-state index in [1.54, 1.807) is 13.2 Å². The van der Waals surface area contributed by atoms with E-state index in [0.717, 1.165) is 49.9 Å². The van der Waals surface area contributed by atoms with Gasteiger partial charge in [0.25, 0.3) is 0 Å². The van der Waals surface area contributed by atoms with Crippen molar-refractivity contribution >= 4 is 0 Å². The molecule has 5 nitrogen and oxygen atoms in total. The molecule has 2 bridgehead atoms. The van der Waals surface area contributed by atoms with E-state index >= 15 is 0 Å². The lowest BCUT2D eigenvalue weighted by Gasteiger charge is -2.64. The minimum atomic E-state index is -0.849. The second-order valence-electron chi connectivity index (χ2n) is 7.91. The van der Waals surface area contributed by atoms with Crippen LogP contribution >= 0.6 is 0 Å². The quantitative estimate of drug-likeness (QED) is 0.728. The third-order valence-corrected chi connectivity index (χ3v) is 6.84. The van der Waals surface area contributed by atoms with Gasteiger partial charge in [0.2, 0.25) is 0 Å². The number of ether oxygens (including phenoxy) is 1. The first kappa shape index (κ1) is 16.9. The maximum absolute atomic E-state index is 12.0. The normalized spacial score (nSPS) is 37.1. The first-order valence-corrected chi connectivity index (χ1v) is 9.19. The maximum Gasteiger partial charge on any atom is 0.164 e. The lowest BCUT2D eigenvalue weighted by atomic mass is 9.48. The Labute approximate surface area is 149 Å². The average Bonchev–Trinajstić information content (AvgIpc) is 2.58. The zero-order chi connectivity index (χ0) is 17.8. The van der Waals surface area contributed by atoms with Crippen LogP contribution in [0, 0.1) is 0 Å². The Balaban J connectivity index is 1.96. The largest absolute Gasteiger partial charge is 0.504 e. The summed E-state index contributed by atoms with van der Waals surface area (Å²) in [4.78, 5) is 2.35. The van der Waals surface area contributed by atoms with Crippen molar-refractivity contribution in [2.75, 3.05) is 20.2 Å². The molecule has 4 unspecified atom stereocenters. The third kappa shape index (κ3) is 2.12. The Morgan fingerprint density at radius 3 is 2.96 bits per heavy atom. The summed E-state index contributed by atoms with van der Waals surface area (Å²) < 4.78 is 5.60. The SMILES string of the molecule is C=CCN1CCC23CC(N)CCC2(O)C1Cc1ccc(O)c(OC)c13. The lowest BCUT2D eigenvalue weighted by molar-refractivity contribution is -0.166. The number of aromatic hydroxyl groups is 1. The number of likely N-dealkylation sites (tertiary alicyclic amines) is 1. The fourth-order valence-electron chi connectivity index (χ4n) is 5.82. The number of methoxy groups -OCH3 is 1. The van der Waals surface area contributed by atoms with Gasteiger partial charge in [0.1, 0.15) is 0 Å². The molecule has 2 aliphatic carbocycles. The second-order valence-corrected chi connectivity index (χ2v) is 7.91. The zero-order valence-corrected chi connectivity index (χ0v) is 14.9. The van der Waals surface area contributed by atoms with Crippen molar-refractivity contribution < 1.29 is 14.9 Å². The van der Waals surface area contributed by atoms with Gasteiger partial charge in [-0.3, -0.25) is 4.90 Å². The van der Waals surface area contributed by atoms with Gasteiger partial charge >= 0.3 is 0 Å². The zero-order valence-electron chi connectivity index (χ0n) is 14.9. The van der Waals surface area contributed by atoms with Crippen LogP contribution in [0.4, 0.5) is 0 Å². The van der Waals surface area contributed by atoms with Gasteiger partial charge in [0.15, 0.2) is 11.5 Å². The number of phenols is 1. The molecule has 0 spiro atoms. The predicted molar refractivity (Wildman–Crippen MR) is 97.0 cm³/mol. The molecule has 1 heterocycles. The molecule has 2 fully saturated rings. The van der Waals surface area contributed by atoms with E-state index in [-0.39, 0.29) is 17.8 Å². The molecule has 0 aromatic heterocycles. The molecule has 4 N–H and O–H groups in total. The van der Waals surface area contributed by atoms with Crippen LogP contribution in [0.1, 0.15) is 36.8 Å². The van der Waals surface area contributed by atoms with Crippen LogP contribution in [-0.4, -0.2) is 53.0 Å². The van der Waals surface area contributed by atoms with Gasteiger partial charge in [-0.1, -0.05) is 12.1 Å². The molecular weight excluding hydrogens is 316 g/mol. The van der Waals surface area contributed by atoms with Crippen LogP contribution in [0.3, 0.4) is 0 Å². The van der Waals surface area contributed by atoms with Gasteiger partial charge < -0.3 is 20.7 Å². The number of aliphatic hydroxyl groups is 1. The Kier molecular flexibility index (Phi) is 3.87. The van der Waals surface area contributed by atoms with Crippen molar-refractivity contribution in [2.45, 2.75) is 55.2 Å². The number of phenolic OH excluding ortho intramolecular Hbond substituents is 1. The Morgan fingerprint density at radius 1 is 1.44 bits per heavy atom. The van der Waals surface area contributed by atoms with E-state index in [0.29, 0.717) is 12.2 Å². The van der Waals surface area contributed by atoms with Crippen LogP contribution in [0.25, 0.3) is 0 Å². The molecule has 136 valence electrons. The van der Waals surface area contributed by atoms with Crippen LogP contribution in [0.2, 0.25) is 0 Å². The van der Waals surface area contributed by atoms with Crippen molar-refractivity contribution in [3.63, 3.8) is 0 Å². The number of benzene rings is 1. The summed E-state index contributed by atoms with van der Waals surface area (Å²) >= 11 is 0. The van der Waals surface area contributed by atoms with Gasteiger partial charge in [-0.15, -0.1) is 6.58 Å². The van der Waals surface area contributed by atoms with Crippen molar-refractivity contribution in [3.8, 4) is 11.5 Å². The first-order valence-electron chi connectivity index (χ1n) is 9.19. The summed E-state index contributed by atoms with van der Waals surface area (Å²) in [5.41, 5.74) is 7.21. The second kappa shape index (κ2) is 5.73. The fourth-order valence-corrected chi connectivity index (χ4v) is 5.82. The standard InChI is InChI=1S/C20H28N2O3/c1-3-9-22-10-8-19-12-14(21)6-7-20(19,24)16(22)11-13-4-5-15(23)18(25-2)17(13)19/h3-5,14,16,23-24H,1,6-12,21H2,2H3. The molecule has 3 aliphatic rings. The van der Waals surface area contributed by atoms with Gasteiger partial charge in [-0.05, 0) is 50.3 Å². The summed E-state index contributed by atoms with van der Waals surface area (Å²) in [5.74, 6) is 0.657. The van der Waals surface area contributed by atoms with Crippen molar-refractivity contribution in [3.05, 3.63) is 35.9 Å². The smallest absolute Gasteiger partial charge is 0.164 e. The number of nitrogens with two attached hydrogens (primary N) is 1. The summed E-state index contributed by atoms with van der Waals surface area (Å²) in [7, 11) is 1.59. The number of hydrogen-bond donors (Lipinski definition) is 3. The molecule has 1 saturated carbocycles. The Morgan fingerprint density at radius 2 is 2.24 bits per heavy atom. The number of hydrogen-bond acceptors (Lipinski definition) is 5. The van der Waals surface area contributed by atoms with Gasteiger partial charge in [0, 0.05) is 29.6 Å². The van der Waals surface area contributed by atoms with Crippen LogP contribution in [-0.2, 0) is 11.8 Å². The minimum Gasteiger partial charge on any atom is -0.504 e. The van der Waals surface area contributed by atoms with Gasteiger partial charge in [-0.2, -0.15) is 0 Å². The monoisotopic (exact) mass is 344 g/mol. The third-order valence-electron chi connectivity index (χ3n) is 6.84. The van der Waals surface area contributed by atoms with E-state index in [1.807, 2.05) is 12.1 Å². The topological polar surface area (TPSA) is 79.0 Å². The predicted octanol–water partition coefficient (Wildman–Crippen LogP) is 1.70. The fraction of sp³-hybridized carbons (Fsp3) is 0.600. The molecular formula is C20H28N2O3. The number of nitrogens with zero attached hydrogens (tertiary/aromatic N) is 1. The molecule has 0 amide bonds. The average molecular weight is 344 g/mol. The number of rotatable bonds is 3. The summed E-state index contributed by atoms with van der Waals surface area (Å²) in [5, 5.41) is 22.3. The first-order chi connectivity index (χ1) is 12.0. The van der Waals surface area contributed by atoms with E-state index < -0.39 is 11.0 Å². The van der Waals surface area contributed by atoms with E-state index in [9.17, 15) is 10.2 Å². The van der Waals surface area contributed by atoms with Crippen molar-refractivity contribution in [1.29, 1.82) is 0 Å². The molecule has 25 heavy (non-hydrogen) atoms. The molecule has 1 aromatic rings. The van der Waals surface area contributed by atoms with Gasteiger partial charge in [0.05, 0.1) is 12.7 Å². The molecule has 4 atom stereocenters. The summed E-state index contributed by atoms with van der Waals surface area (Å²) in [6.07, 6.45) is 5.73. The van der Waals surface area contributed by atoms with Crippen molar-refractivity contribution in [1.82, 2.24) is 4.90 Å². The lowest BCUT2D eigenvalue weighted by Crippen LogP contribution is -2.74. The van der Waals surface area contributed by atoms with Crippen molar-refractivity contribution in [2.24, 2.45) is 5.73 Å². The molecule has 0 radical (unpaired) electrons. The number of fused-ring (bicyclic) bond motifs is 1. The molecule has 1 saturated heterocycles. The molecule has 1 aliphatic heterocycles. The van der Waals surface area contributed by atoms with Gasteiger partial charge in [-0.25, -0.2) is 0 Å². The highest BCUT2D eigenvalue weighted by atomic mass is 16.5. The highest BCUT2D eigenvalue weighted by Gasteiger charge is 2.65.